The second kappa shape index (κ2) is 24.9. The topological polar surface area (TPSA) is 58.9 Å². The van der Waals surface area contributed by atoms with E-state index in [0.29, 0.717) is 57.2 Å². The molecular formula is C36H36F2I3O4-. The number of halogens is 5. The molecule has 45 heavy (non-hydrogen) atoms. The van der Waals surface area contributed by atoms with Crippen molar-refractivity contribution in [1.29, 1.82) is 0 Å². The number of aryl methyl sites for hydroxylation is 2. The summed E-state index contributed by atoms with van der Waals surface area (Å²) in [5, 5.41) is 17.3. The Balaban J connectivity index is 0.000000288. The third kappa shape index (κ3) is 17.3. The van der Waals surface area contributed by atoms with Gasteiger partial charge in [0.25, 0.3) is 0 Å². The second-order valence-electron chi connectivity index (χ2n) is 9.31. The van der Waals surface area contributed by atoms with Crippen molar-refractivity contribution in [2.45, 2.75) is 38.9 Å². The first kappa shape index (κ1) is 38.9. The predicted molar refractivity (Wildman–Crippen MR) is 190 cm³/mol. The van der Waals surface area contributed by atoms with Crippen LogP contribution in [0.3, 0.4) is 0 Å². The number of hydrogen-bond acceptors (Lipinski definition) is 4. The zero-order valence-corrected chi connectivity index (χ0v) is 31.1. The Morgan fingerprint density at radius 3 is 1.62 bits per heavy atom. The van der Waals surface area contributed by atoms with Crippen LogP contribution in [0.1, 0.15) is 35.1 Å². The van der Waals surface area contributed by atoms with E-state index < -0.39 is 0 Å². The molecule has 9 heteroatoms. The van der Waals surface area contributed by atoms with Crippen molar-refractivity contribution in [3.05, 3.63) is 143 Å². The van der Waals surface area contributed by atoms with Crippen molar-refractivity contribution < 1.29 is 41.7 Å². The minimum Gasteiger partial charge on any atom is -0.489 e. The van der Waals surface area contributed by atoms with E-state index in [-0.39, 0.29) is 24.8 Å². The molecule has 0 saturated heterocycles. The van der Waals surface area contributed by atoms with Gasteiger partial charge in [0.15, 0.2) is 0 Å². The summed E-state index contributed by atoms with van der Waals surface area (Å²) in [7, 11) is 0. The van der Waals surface area contributed by atoms with Gasteiger partial charge in [-0.05, 0) is 77.9 Å². The Kier molecular flexibility index (Phi) is 21.6. The van der Waals surface area contributed by atoms with Crippen LogP contribution in [0.15, 0.2) is 109 Å². The summed E-state index contributed by atoms with van der Waals surface area (Å²) in [6.07, 6.45) is 6.14. The Bertz CT molecular complexity index is 1460. The van der Waals surface area contributed by atoms with Gasteiger partial charge in [-0.3, -0.25) is 0 Å². The Morgan fingerprint density at radius 2 is 1.16 bits per heavy atom. The molecule has 0 aliphatic carbocycles. The van der Waals surface area contributed by atoms with E-state index in [1.807, 2.05) is 66.7 Å². The summed E-state index contributed by atoms with van der Waals surface area (Å²) in [6, 6.07) is 28.8. The zero-order valence-electron chi connectivity index (χ0n) is 24.6. The van der Waals surface area contributed by atoms with Crippen LogP contribution in [0, 0.1) is 23.5 Å². The van der Waals surface area contributed by atoms with Crippen molar-refractivity contribution in [2.24, 2.45) is 0 Å². The van der Waals surface area contributed by atoms with E-state index in [4.69, 9.17) is 19.7 Å². The molecule has 240 valence electrons. The van der Waals surface area contributed by atoms with E-state index in [2.05, 4.69) is 49.1 Å². The molecule has 4 aromatic rings. The van der Waals surface area contributed by atoms with Gasteiger partial charge < -0.3 is 19.7 Å². The molecule has 4 aromatic carbocycles. The van der Waals surface area contributed by atoms with Crippen LogP contribution >= 0.6 is 37.2 Å². The maximum absolute atomic E-state index is 13.4. The molecule has 2 N–H and O–H groups in total. The van der Waals surface area contributed by atoms with Crippen molar-refractivity contribution in [3.8, 4) is 23.3 Å². The van der Waals surface area contributed by atoms with E-state index in [9.17, 15) is 8.78 Å². The summed E-state index contributed by atoms with van der Waals surface area (Å²) in [4.78, 5) is 0. The average molecular weight is 951 g/mol. The molecule has 4 rings (SSSR count). The molecule has 0 saturated carbocycles. The molecule has 0 fully saturated rings. The maximum atomic E-state index is 13.4. The van der Waals surface area contributed by atoms with Crippen LogP contribution in [-0.2, 0) is 26.1 Å². The maximum Gasteiger partial charge on any atom is 0.123 e. The van der Waals surface area contributed by atoms with Crippen LogP contribution in [0.25, 0.3) is 0 Å². The van der Waals surface area contributed by atoms with Crippen LogP contribution in [-0.4, -0.2) is 23.4 Å². The first-order chi connectivity index (χ1) is 22.0. The summed E-state index contributed by atoms with van der Waals surface area (Å²) in [5.74, 6) is 6.24. The zero-order chi connectivity index (χ0) is 32.5. The molecule has 0 atom stereocenters. The van der Waals surface area contributed by atoms with Gasteiger partial charge in [0.2, 0.25) is 0 Å². The smallest absolute Gasteiger partial charge is 0.123 e. The molecule has 0 aliphatic heterocycles. The van der Waals surface area contributed by atoms with Crippen LogP contribution < -0.4 is 22.7 Å². The fourth-order valence-electron chi connectivity index (χ4n) is 4.01. The first-order valence-electron chi connectivity index (χ1n) is 14.1. The van der Waals surface area contributed by atoms with E-state index in [1.165, 1.54) is 24.3 Å². The van der Waals surface area contributed by atoms with Gasteiger partial charge in [0.05, 0.1) is 6.61 Å². The first-order valence-corrected chi connectivity index (χ1v) is 26.7. The average Bonchev–Trinajstić information content (AvgIpc) is 3.06. The van der Waals surface area contributed by atoms with Gasteiger partial charge in [-0.25, -0.2) is 8.78 Å². The third-order valence-electron chi connectivity index (χ3n) is 6.10. The SMILES string of the molecule is I[I-]I.OC/C=C\CCc1cc(F)ccc1OCc1ccccc1.OCC#CCCc1cc(F)ccc1OCc1ccccc1. The number of benzene rings is 4. The van der Waals surface area contributed by atoms with Gasteiger partial charge in [-0.1, -0.05) is 78.7 Å². The minimum atomic E-state index is -0.285. The molecule has 0 radical (unpaired) electrons. The fourth-order valence-corrected chi connectivity index (χ4v) is 4.01. The number of rotatable bonds is 12. The second-order valence-corrected chi connectivity index (χ2v) is 25.6. The van der Waals surface area contributed by atoms with Crippen LogP contribution in [0.4, 0.5) is 8.78 Å². The standard InChI is InChI=1S/C18H19FO2.C18H17FO2.I3/c2*19-17-10-11-18(16(13-17)9-5-2-6-12-20)21-14-15-7-3-1-4-8-15;1-3-2/h1-4,6-8,10-11,13,20H,5,9,12,14H2;1,3-4,7-8,10-11,13,20H,5,9,12,14H2;/q;;-1/b6-2-;;. The quantitative estimate of drug-likeness (QED) is 0.104. The predicted octanol–water partition coefficient (Wildman–Crippen LogP) is 5.99. The van der Waals surface area contributed by atoms with E-state index in [1.54, 1.807) is 18.2 Å². The van der Waals surface area contributed by atoms with Crippen LogP contribution in [0.5, 0.6) is 11.5 Å². The molecule has 0 unspecified atom stereocenters. The molecular weight excluding hydrogens is 915 g/mol. The molecule has 0 heterocycles. The van der Waals surface area contributed by atoms with Crippen molar-refractivity contribution in [1.82, 2.24) is 0 Å². The van der Waals surface area contributed by atoms with Gasteiger partial charge in [-0.2, -0.15) is 0 Å². The molecule has 0 aliphatic rings. The summed E-state index contributed by atoms with van der Waals surface area (Å²) >= 11 is 5.30. The Morgan fingerprint density at radius 1 is 0.667 bits per heavy atom. The summed E-state index contributed by atoms with van der Waals surface area (Å²) < 4.78 is 38.3. The number of ether oxygens (including phenoxy) is 2. The third-order valence-corrected chi connectivity index (χ3v) is 6.10. The number of hydrogen-bond donors (Lipinski definition) is 2. The summed E-state index contributed by atoms with van der Waals surface area (Å²) in [5.41, 5.74) is 3.77. The van der Waals surface area contributed by atoms with Gasteiger partial charge >= 0.3 is 50.5 Å². The summed E-state index contributed by atoms with van der Waals surface area (Å²) in [6.45, 7) is 0.786. The molecule has 0 amide bonds. The monoisotopic (exact) mass is 951 g/mol. The van der Waals surface area contributed by atoms with Crippen molar-refractivity contribution >= 4 is 37.2 Å². The van der Waals surface area contributed by atoms with Gasteiger partial charge in [-0.15, -0.1) is 5.92 Å². The van der Waals surface area contributed by atoms with Gasteiger partial charge in [0, 0.05) is 6.42 Å². The van der Waals surface area contributed by atoms with E-state index in [0.717, 1.165) is 28.7 Å². The van der Waals surface area contributed by atoms with Crippen molar-refractivity contribution in [2.75, 3.05) is 13.2 Å². The van der Waals surface area contributed by atoms with Crippen molar-refractivity contribution in [3.63, 3.8) is 0 Å². The molecule has 0 spiro atoms. The molecule has 0 bridgehead atoms. The fraction of sp³-hybridized carbons (Fsp3) is 0.222. The number of aliphatic hydroxyl groups excluding tert-OH is 2. The van der Waals surface area contributed by atoms with E-state index >= 15 is 0 Å². The largest absolute Gasteiger partial charge is 0.489 e. The number of aliphatic hydroxyl groups is 2. The number of allylic oxidation sites excluding steroid dienone is 1. The molecule has 4 nitrogen and oxygen atoms in total. The minimum absolute atomic E-state index is 0.0283. The normalized spacial score (nSPS) is 10.2. The van der Waals surface area contributed by atoms with Gasteiger partial charge in [0.1, 0.15) is 43.0 Å². The Labute approximate surface area is 294 Å². The molecule has 0 aromatic heterocycles. The van der Waals surface area contributed by atoms with Crippen LogP contribution in [0.2, 0.25) is 0 Å². The Hall–Kier alpha value is -2.25.